The van der Waals surface area contributed by atoms with E-state index >= 15 is 0 Å². The monoisotopic (exact) mass is 335 g/mol. The Hall–Kier alpha value is -2.75. The van der Waals surface area contributed by atoms with Gasteiger partial charge in [0.15, 0.2) is 0 Å². The third kappa shape index (κ3) is 2.68. The van der Waals surface area contributed by atoms with E-state index in [4.69, 9.17) is 0 Å². The number of nitrogens with zero attached hydrogens (tertiary/aromatic N) is 1. The van der Waals surface area contributed by atoms with Crippen molar-refractivity contribution in [2.45, 2.75) is 39.5 Å². The molecule has 4 nitrogen and oxygen atoms in total. The Morgan fingerprint density at radius 3 is 1.92 bits per heavy atom. The summed E-state index contributed by atoms with van der Waals surface area (Å²) >= 11 is 0. The lowest BCUT2D eigenvalue weighted by Crippen LogP contribution is -2.31. The molecule has 2 aromatic rings. The molecule has 1 aliphatic heterocycles. The summed E-state index contributed by atoms with van der Waals surface area (Å²) in [5, 5.41) is 0. The highest BCUT2D eigenvalue weighted by molar-refractivity contribution is 6.35. The smallest absolute Gasteiger partial charge is 0.266 e. The SMILES string of the molecule is CC(C)c1cccc(C(C)C)c1N1C(=O)c2ccc(C=O)cc2C1=O. The van der Waals surface area contributed by atoms with Crippen LogP contribution in [0.3, 0.4) is 0 Å². The van der Waals surface area contributed by atoms with E-state index in [2.05, 4.69) is 0 Å². The molecule has 0 aliphatic carbocycles. The first-order valence-corrected chi connectivity index (χ1v) is 8.47. The van der Waals surface area contributed by atoms with Crippen molar-refractivity contribution < 1.29 is 14.4 Å². The summed E-state index contributed by atoms with van der Waals surface area (Å²) in [6.07, 6.45) is 0.683. The highest BCUT2D eigenvalue weighted by atomic mass is 16.2. The number of aldehydes is 1. The van der Waals surface area contributed by atoms with Crippen molar-refractivity contribution >= 4 is 23.8 Å². The number of para-hydroxylation sites is 1. The zero-order chi connectivity index (χ0) is 18.3. The van der Waals surface area contributed by atoms with Gasteiger partial charge in [-0.3, -0.25) is 14.4 Å². The number of rotatable bonds is 4. The summed E-state index contributed by atoms with van der Waals surface area (Å²) in [6, 6.07) is 10.5. The molecule has 0 radical (unpaired) electrons. The Balaban J connectivity index is 2.23. The number of amides is 2. The molecule has 0 aromatic heterocycles. The van der Waals surface area contributed by atoms with Crippen molar-refractivity contribution in [2.75, 3.05) is 4.90 Å². The summed E-state index contributed by atoms with van der Waals surface area (Å²) in [6.45, 7) is 8.19. The van der Waals surface area contributed by atoms with Gasteiger partial charge in [0.2, 0.25) is 0 Å². The quantitative estimate of drug-likeness (QED) is 0.608. The van der Waals surface area contributed by atoms with Crippen LogP contribution in [0.15, 0.2) is 36.4 Å². The van der Waals surface area contributed by atoms with Crippen LogP contribution in [-0.2, 0) is 0 Å². The summed E-state index contributed by atoms with van der Waals surface area (Å²) in [5.74, 6) is -0.349. The van der Waals surface area contributed by atoms with E-state index in [9.17, 15) is 14.4 Å². The molecule has 2 amide bonds. The zero-order valence-corrected chi connectivity index (χ0v) is 14.9. The van der Waals surface area contributed by atoms with Gasteiger partial charge in [0, 0.05) is 5.56 Å². The zero-order valence-electron chi connectivity index (χ0n) is 14.9. The first-order valence-electron chi connectivity index (χ1n) is 8.47. The number of hydrogen-bond donors (Lipinski definition) is 0. The summed E-state index contributed by atoms with van der Waals surface area (Å²) < 4.78 is 0. The van der Waals surface area contributed by atoms with Crippen LogP contribution in [-0.4, -0.2) is 18.1 Å². The molecule has 2 aromatic carbocycles. The van der Waals surface area contributed by atoms with Gasteiger partial charge in [-0.05, 0) is 35.1 Å². The van der Waals surface area contributed by atoms with Gasteiger partial charge < -0.3 is 0 Å². The summed E-state index contributed by atoms with van der Waals surface area (Å²) in [5.41, 5.74) is 3.66. The second-order valence-electron chi connectivity index (χ2n) is 6.96. The van der Waals surface area contributed by atoms with Crippen LogP contribution in [0.2, 0.25) is 0 Å². The molecular weight excluding hydrogens is 314 g/mol. The fourth-order valence-corrected chi connectivity index (χ4v) is 3.30. The Labute approximate surface area is 147 Å². The third-order valence-corrected chi connectivity index (χ3v) is 4.61. The summed E-state index contributed by atoms with van der Waals surface area (Å²) in [7, 11) is 0. The standard InChI is InChI=1S/C21H21NO3/c1-12(2)15-6-5-7-16(13(3)4)19(15)22-20(24)17-9-8-14(11-23)10-18(17)21(22)25/h5-13H,1-4H3. The second kappa shape index (κ2) is 6.28. The van der Waals surface area contributed by atoms with Crippen molar-refractivity contribution in [1.29, 1.82) is 0 Å². The van der Waals surface area contributed by atoms with Crippen molar-refractivity contribution in [1.82, 2.24) is 0 Å². The molecular formula is C21H21NO3. The lowest BCUT2D eigenvalue weighted by molar-refractivity contribution is 0.0925. The Morgan fingerprint density at radius 1 is 0.840 bits per heavy atom. The number of imide groups is 1. The van der Waals surface area contributed by atoms with E-state index in [1.807, 2.05) is 45.9 Å². The van der Waals surface area contributed by atoms with Gasteiger partial charge >= 0.3 is 0 Å². The van der Waals surface area contributed by atoms with Gasteiger partial charge in [0.05, 0.1) is 16.8 Å². The Bertz CT molecular complexity index is 854. The predicted octanol–water partition coefficient (Wildman–Crippen LogP) is 4.55. The largest absolute Gasteiger partial charge is 0.298 e. The predicted molar refractivity (Wildman–Crippen MR) is 97.6 cm³/mol. The maximum atomic E-state index is 13.0. The van der Waals surface area contributed by atoms with Crippen molar-refractivity contribution in [3.8, 4) is 0 Å². The van der Waals surface area contributed by atoms with Gasteiger partial charge in [0.1, 0.15) is 6.29 Å². The fourth-order valence-electron chi connectivity index (χ4n) is 3.30. The fraction of sp³-hybridized carbons (Fsp3) is 0.286. The molecule has 0 atom stereocenters. The molecule has 25 heavy (non-hydrogen) atoms. The molecule has 1 aliphatic rings. The van der Waals surface area contributed by atoms with E-state index in [-0.39, 0.29) is 23.7 Å². The van der Waals surface area contributed by atoms with Gasteiger partial charge in [-0.1, -0.05) is 52.0 Å². The molecule has 0 spiro atoms. The van der Waals surface area contributed by atoms with Crippen LogP contribution in [0.25, 0.3) is 0 Å². The van der Waals surface area contributed by atoms with Gasteiger partial charge in [-0.2, -0.15) is 0 Å². The van der Waals surface area contributed by atoms with Crippen molar-refractivity contribution in [3.05, 3.63) is 64.2 Å². The van der Waals surface area contributed by atoms with Crippen molar-refractivity contribution in [2.24, 2.45) is 0 Å². The third-order valence-electron chi connectivity index (χ3n) is 4.61. The van der Waals surface area contributed by atoms with E-state index in [1.165, 1.54) is 11.0 Å². The minimum Gasteiger partial charge on any atom is -0.298 e. The number of carbonyl (C=O) groups excluding carboxylic acids is 3. The molecule has 0 saturated heterocycles. The van der Waals surface area contributed by atoms with Crippen LogP contribution in [0.4, 0.5) is 5.69 Å². The maximum Gasteiger partial charge on any atom is 0.266 e. The van der Waals surface area contributed by atoms with Crippen LogP contribution < -0.4 is 4.90 Å². The van der Waals surface area contributed by atoms with Crippen LogP contribution in [0.1, 0.15) is 81.7 Å². The minimum absolute atomic E-state index is 0.170. The van der Waals surface area contributed by atoms with E-state index < -0.39 is 0 Å². The molecule has 3 rings (SSSR count). The molecule has 4 heteroatoms. The normalized spacial score (nSPS) is 13.8. The highest BCUT2D eigenvalue weighted by Gasteiger charge is 2.39. The van der Waals surface area contributed by atoms with Crippen LogP contribution >= 0.6 is 0 Å². The highest BCUT2D eigenvalue weighted by Crippen LogP contribution is 2.39. The minimum atomic E-state index is -0.362. The lowest BCUT2D eigenvalue weighted by atomic mass is 9.92. The van der Waals surface area contributed by atoms with Crippen LogP contribution in [0, 0.1) is 0 Å². The molecule has 0 saturated carbocycles. The number of carbonyl (C=O) groups is 3. The summed E-state index contributed by atoms with van der Waals surface area (Å²) in [4.78, 5) is 38.3. The van der Waals surface area contributed by atoms with E-state index in [1.54, 1.807) is 12.1 Å². The average molecular weight is 335 g/mol. The molecule has 0 fully saturated rings. The number of benzene rings is 2. The maximum absolute atomic E-state index is 13.0. The van der Waals surface area contributed by atoms with Gasteiger partial charge in [-0.25, -0.2) is 4.90 Å². The number of fused-ring (bicyclic) bond motifs is 1. The molecule has 0 bridgehead atoms. The Morgan fingerprint density at radius 2 is 1.40 bits per heavy atom. The topological polar surface area (TPSA) is 54.5 Å². The molecule has 128 valence electrons. The first-order chi connectivity index (χ1) is 11.9. The van der Waals surface area contributed by atoms with Crippen molar-refractivity contribution in [3.63, 3.8) is 0 Å². The second-order valence-corrected chi connectivity index (χ2v) is 6.96. The van der Waals surface area contributed by atoms with Gasteiger partial charge in [0.25, 0.3) is 11.8 Å². The van der Waals surface area contributed by atoms with E-state index in [0.717, 1.165) is 11.1 Å². The van der Waals surface area contributed by atoms with E-state index in [0.29, 0.717) is 28.7 Å². The number of hydrogen-bond acceptors (Lipinski definition) is 3. The Kier molecular flexibility index (Phi) is 4.29. The lowest BCUT2D eigenvalue weighted by Gasteiger charge is -2.25. The average Bonchev–Trinajstić information content (AvgIpc) is 2.84. The number of anilines is 1. The molecule has 1 heterocycles. The first kappa shape index (κ1) is 17.1. The van der Waals surface area contributed by atoms with Gasteiger partial charge in [-0.15, -0.1) is 0 Å². The molecule has 0 unspecified atom stereocenters. The molecule has 0 N–H and O–H groups in total. The van der Waals surface area contributed by atoms with Crippen LogP contribution in [0.5, 0.6) is 0 Å².